The topological polar surface area (TPSA) is 12.9 Å². The quantitative estimate of drug-likeness (QED) is 0.730. The van der Waals surface area contributed by atoms with E-state index in [-0.39, 0.29) is 5.38 Å². The lowest BCUT2D eigenvalue weighted by Gasteiger charge is -2.09. The summed E-state index contributed by atoms with van der Waals surface area (Å²) < 4.78 is 0. The Hall–Kier alpha value is -1.34. The van der Waals surface area contributed by atoms with Crippen LogP contribution in [0.2, 0.25) is 0 Å². The fourth-order valence-corrected chi connectivity index (χ4v) is 1.98. The fraction of sp³-hybridized carbons (Fsp3) is 0.214. The minimum absolute atomic E-state index is 0.00417. The Labute approximate surface area is 101 Å². The van der Waals surface area contributed by atoms with E-state index in [1.807, 2.05) is 42.6 Å². The van der Waals surface area contributed by atoms with Gasteiger partial charge >= 0.3 is 0 Å². The number of hydrogen-bond donors (Lipinski definition) is 0. The molecule has 2 rings (SSSR count). The molecule has 0 amide bonds. The molecular weight excluding hydrogens is 218 g/mol. The number of aromatic nitrogens is 1. The molecule has 0 fully saturated rings. The second-order valence-corrected chi connectivity index (χ2v) is 4.43. The number of benzene rings is 1. The van der Waals surface area contributed by atoms with Crippen LogP contribution in [0.15, 0.2) is 48.7 Å². The van der Waals surface area contributed by atoms with Gasteiger partial charge in [-0.1, -0.05) is 30.3 Å². The Balaban J connectivity index is 2.11. The van der Waals surface area contributed by atoms with E-state index in [4.69, 9.17) is 11.6 Å². The van der Waals surface area contributed by atoms with Crippen molar-refractivity contribution in [3.05, 3.63) is 65.5 Å². The third-order valence-corrected chi connectivity index (χ3v) is 2.93. The van der Waals surface area contributed by atoms with Gasteiger partial charge in [0.2, 0.25) is 0 Å². The van der Waals surface area contributed by atoms with Crippen LogP contribution in [0.25, 0.3) is 0 Å². The van der Waals surface area contributed by atoms with Crippen LogP contribution < -0.4 is 0 Å². The van der Waals surface area contributed by atoms with Crippen LogP contribution in [-0.4, -0.2) is 4.98 Å². The molecule has 82 valence electrons. The Kier molecular flexibility index (Phi) is 3.58. The highest BCUT2D eigenvalue weighted by Gasteiger charge is 2.08. The van der Waals surface area contributed by atoms with Gasteiger partial charge in [0, 0.05) is 18.3 Å². The SMILES string of the molecule is Cc1ccnc(CC(Cl)c2ccccc2)c1. The van der Waals surface area contributed by atoms with E-state index in [2.05, 4.69) is 18.0 Å². The summed E-state index contributed by atoms with van der Waals surface area (Å²) in [6.07, 6.45) is 2.60. The summed E-state index contributed by atoms with van der Waals surface area (Å²) in [7, 11) is 0. The zero-order chi connectivity index (χ0) is 11.4. The van der Waals surface area contributed by atoms with Crippen LogP contribution >= 0.6 is 11.6 Å². The van der Waals surface area contributed by atoms with E-state index in [1.165, 1.54) is 5.56 Å². The molecule has 2 heteroatoms. The average molecular weight is 232 g/mol. The molecule has 1 nitrogen and oxygen atoms in total. The van der Waals surface area contributed by atoms with E-state index >= 15 is 0 Å². The summed E-state index contributed by atoms with van der Waals surface area (Å²) in [5, 5.41) is -0.00417. The molecule has 0 radical (unpaired) electrons. The molecule has 0 spiro atoms. The average Bonchev–Trinajstić information content (AvgIpc) is 2.30. The Morgan fingerprint density at radius 2 is 1.94 bits per heavy atom. The van der Waals surface area contributed by atoms with E-state index in [0.717, 1.165) is 17.7 Å². The minimum Gasteiger partial charge on any atom is -0.261 e. The number of rotatable bonds is 3. The molecule has 1 unspecified atom stereocenters. The largest absolute Gasteiger partial charge is 0.261 e. The number of pyridine rings is 1. The van der Waals surface area contributed by atoms with Crippen LogP contribution in [0.4, 0.5) is 0 Å². The van der Waals surface area contributed by atoms with Crippen molar-refractivity contribution in [1.82, 2.24) is 4.98 Å². The fourth-order valence-electron chi connectivity index (χ4n) is 1.67. The minimum atomic E-state index is -0.00417. The number of halogens is 1. The molecule has 0 saturated carbocycles. The highest BCUT2D eigenvalue weighted by Crippen LogP contribution is 2.23. The number of nitrogens with zero attached hydrogens (tertiary/aromatic N) is 1. The predicted octanol–water partition coefficient (Wildman–Crippen LogP) is 3.91. The first-order valence-electron chi connectivity index (χ1n) is 5.36. The number of alkyl halides is 1. The summed E-state index contributed by atoms with van der Waals surface area (Å²) in [6, 6.07) is 14.2. The normalized spacial score (nSPS) is 12.4. The summed E-state index contributed by atoms with van der Waals surface area (Å²) in [6.45, 7) is 2.07. The van der Waals surface area contributed by atoms with Gasteiger partial charge in [0.25, 0.3) is 0 Å². The summed E-state index contributed by atoms with van der Waals surface area (Å²) in [5.74, 6) is 0. The standard InChI is InChI=1S/C14H14ClN/c1-11-7-8-16-13(9-11)10-14(15)12-5-3-2-4-6-12/h2-9,14H,10H2,1H3. The molecule has 0 aliphatic heterocycles. The highest BCUT2D eigenvalue weighted by atomic mass is 35.5. The lowest BCUT2D eigenvalue weighted by molar-refractivity contribution is 0.878. The summed E-state index contributed by atoms with van der Waals surface area (Å²) in [4.78, 5) is 4.32. The molecule has 16 heavy (non-hydrogen) atoms. The lowest BCUT2D eigenvalue weighted by Crippen LogP contribution is -1.98. The monoisotopic (exact) mass is 231 g/mol. The molecule has 0 bridgehead atoms. The van der Waals surface area contributed by atoms with Gasteiger partial charge in [-0.3, -0.25) is 4.98 Å². The van der Waals surface area contributed by atoms with Crippen molar-refractivity contribution in [2.24, 2.45) is 0 Å². The van der Waals surface area contributed by atoms with Crippen molar-refractivity contribution in [3.63, 3.8) is 0 Å². The van der Waals surface area contributed by atoms with E-state index < -0.39 is 0 Å². The third kappa shape index (κ3) is 2.83. The molecule has 2 aromatic rings. The first-order chi connectivity index (χ1) is 7.75. The van der Waals surface area contributed by atoms with Gasteiger partial charge < -0.3 is 0 Å². The van der Waals surface area contributed by atoms with Crippen molar-refractivity contribution in [2.75, 3.05) is 0 Å². The van der Waals surface area contributed by atoms with Crippen LogP contribution in [-0.2, 0) is 6.42 Å². The van der Waals surface area contributed by atoms with E-state index in [9.17, 15) is 0 Å². The first-order valence-corrected chi connectivity index (χ1v) is 5.80. The van der Waals surface area contributed by atoms with Gasteiger partial charge in [-0.2, -0.15) is 0 Å². The molecular formula is C14H14ClN. The molecule has 0 N–H and O–H groups in total. The molecule has 0 aliphatic carbocycles. The van der Waals surface area contributed by atoms with E-state index in [0.29, 0.717) is 0 Å². The maximum atomic E-state index is 6.35. The maximum absolute atomic E-state index is 6.35. The molecule has 1 aromatic carbocycles. The molecule has 0 aliphatic rings. The Morgan fingerprint density at radius 1 is 1.19 bits per heavy atom. The van der Waals surface area contributed by atoms with E-state index in [1.54, 1.807) is 0 Å². The smallest absolute Gasteiger partial charge is 0.0640 e. The first kappa shape index (κ1) is 11.2. The molecule has 1 aromatic heterocycles. The van der Waals surface area contributed by atoms with Crippen LogP contribution in [0.5, 0.6) is 0 Å². The zero-order valence-corrected chi connectivity index (χ0v) is 9.98. The lowest BCUT2D eigenvalue weighted by atomic mass is 10.1. The molecule has 1 heterocycles. The van der Waals surface area contributed by atoms with Crippen molar-refractivity contribution in [2.45, 2.75) is 18.7 Å². The second-order valence-electron chi connectivity index (χ2n) is 3.91. The second kappa shape index (κ2) is 5.13. The van der Waals surface area contributed by atoms with Gasteiger partial charge in [-0.25, -0.2) is 0 Å². The maximum Gasteiger partial charge on any atom is 0.0640 e. The Morgan fingerprint density at radius 3 is 2.62 bits per heavy atom. The van der Waals surface area contributed by atoms with Gasteiger partial charge in [0.1, 0.15) is 0 Å². The number of aryl methyl sites for hydroxylation is 1. The van der Waals surface area contributed by atoms with Crippen LogP contribution in [0.3, 0.4) is 0 Å². The van der Waals surface area contributed by atoms with Gasteiger partial charge in [0.15, 0.2) is 0 Å². The summed E-state index contributed by atoms with van der Waals surface area (Å²) in [5.41, 5.74) is 3.42. The molecule has 1 atom stereocenters. The predicted molar refractivity (Wildman–Crippen MR) is 67.7 cm³/mol. The van der Waals surface area contributed by atoms with Gasteiger partial charge in [0.05, 0.1) is 5.38 Å². The van der Waals surface area contributed by atoms with Crippen LogP contribution in [0, 0.1) is 6.92 Å². The van der Waals surface area contributed by atoms with Gasteiger partial charge in [-0.05, 0) is 30.2 Å². The van der Waals surface area contributed by atoms with Crippen molar-refractivity contribution in [3.8, 4) is 0 Å². The third-order valence-electron chi connectivity index (χ3n) is 2.52. The zero-order valence-electron chi connectivity index (χ0n) is 9.23. The van der Waals surface area contributed by atoms with Crippen molar-refractivity contribution >= 4 is 11.6 Å². The Bertz CT molecular complexity index is 453. The van der Waals surface area contributed by atoms with Crippen LogP contribution in [0.1, 0.15) is 22.2 Å². The van der Waals surface area contributed by atoms with Crippen molar-refractivity contribution in [1.29, 1.82) is 0 Å². The summed E-state index contributed by atoms with van der Waals surface area (Å²) >= 11 is 6.35. The van der Waals surface area contributed by atoms with Crippen molar-refractivity contribution < 1.29 is 0 Å². The molecule has 0 saturated heterocycles. The highest BCUT2D eigenvalue weighted by molar-refractivity contribution is 6.20. The number of hydrogen-bond acceptors (Lipinski definition) is 1. The van der Waals surface area contributed by atoms with Gasteiger partial charge in [-0.15, -0.1) is 11.6 Å².